The van der Waals surface area contributed by atoms with Crippen molar-refractivity contribution in [3.63, 3.8) is 0 Å². The maximum Gasteiger partial charge on any atom is 0.132 e. The fraction of sp³-hybridized carbons (Fsp3) is 0.300. The summed E-state index contributed by atoms with van der Waals surface area (Å²) in [7, 11) is 0. The SMILES string of the molecule is Cc1nc(Br)c2ccc(CCN)cn12. The number of fused-ring (bicyclic) bond motifs is 1. The fourth-order valence-electron chi connectivity index (χ4n) is 1.55. The first kappa shape index (κ1) is 9.68. The van der Waals surface area contributed by atoms with E-state index >= 15 is 0 Å². The minimum absolute atomic E-state index is 0.681. The van der Waals surface area contributed by atoms with Crippen molar-refractivity contribution in [1.82, 2.24) is 9.38 Å². The van der Waals surface area contributed by atoms with Crippen molar-refractivity contribution in [3.8, 4) is 0 Å². The Morgan fingerprint density at radius 1 is 1.50 bits per heavy atom. The first-order valence-electron chi connectivity index (χ1n) is 4.55. The topological polar surface area (TPSA) is 43.3 Å². The van der Waals surface area contributed by atoms with Gasteiger partial charge in [-0.2, -0.15) is 0 Å². The third-order valence-corrected chi connectivity index (χ3v) is 2.85. The van der Waals surface area contributed by atoms with E-state index in [9.17, 15) is 0 Å². The summed E-state index contributed by atoms with van der Waals surface area (Å²) in [6, 6.07) is 4.16. The second-order valence-corrected chi connectivity index (χ2v) is 4.03. The van der Waals surface area contributed by atoms with Crippen LogP contribution in [-0.2, 0) is 6.42 Å². The van der Waals surface area contributed by atoms with Gasteiger partial charge in [-0.15, -0.1) is 0 Å². The van der Waals surface area contributed by atoms with Crippen molar-refractivity contribution in [2.75, 3.05) is 6.54 Å². The predicted molar refractivity (Wildman–Crippen MR) is 60.4 cm³/mol. The molecule has 0 amide bonds. The van der Waals surface area contributed by atoms with Gasteiger partial charge < -0.3 is 10.1 Å². The molecule has 0 aliphatic heterocycles. The third kappa shape index (κ3) is 1.55. The van der Waals surface area contributed by atoms with E-state index in [2.05, 4.69) is 43.6 Å². The number of imidazole rings is 1. The predicted octanol–water partition coefficient (Wildman–Crippen LogP) is 1.91. The average Bonchev–Trinajstić information content (AvgIpc) is 2.43. The van der Waals surface area contributed by atoms with E-state index in [0.29, 0.717) is 6.54 Å². The van der Waals surface area contributed by atoms with E-state index in [0.717, 1.165) is 22.4 Å². The van der Waals surface area contributed by atoms with E-state index in [1.807, 2.05) is 6.92 Å². The first-order valence-corrected chi connectivity index (χ1v) is 5.35. The number of aryl methyl sites for hydroxylation is 1. The summed E-state index contributed by atoms with van der Waals surface area (Å²) in [6.45, 7) is 2.67. The summed E-state index contributed by atoms with van der Waals surface area (Å²) in [6.07, 6.45) is 3.00. The minimum atomic E-state index is 0.681. The van der Waals surface area contributed by atoms with Gasteiger partial charge in [-0.3, -0.25) is 0 Å². The highest BCUT2D eigenvalue weighted by atomic mass is 79.9. The molecule has 0 atom stereocenters. The molecule has 74 valence electrons. The highest BCUT2D eigenvalue weighted by molar-refractivity contribution is 9.10. The first-order chi connectivity index (χ1) is 6.72. The normalized spacial score (nSPS) is 11.1. The Morgan fingerprint density at radius 3 is 3.00 bits per heavy atom. The lowest BCUT2D eigenvalue weighted by molar-refractivity contribution is 0.940. The molecule has 0 radical (unpaired) electrons. The summed E-state index contributed by atoms with van der Waals surface area (Å²) in [5.74, 6) is 0.991. The molecule has 2 aromatic heterocycles. The van der Waals surface area contributed by atoms with Gasteiger partial charge in [0.2, 0.25) is 0 Å². The molecular weight excluding hydrogens is 242 g/mol. The maximum atomic E-state index is 5.51. The van der Waals surface area contributed by atoms with Crippen LogP contribution in [-0.4, -0.2) is 15.9 Å². The number of nitrogens with two attached hydrogens (primary N) is 1. The molecular formula is C10H12BrN3. The fourth-order valence-corrected chi connectivity index (χ4v) is 2.13. The number of pyridine rings is 1. The largest absolute Gasteiger partial charge is 0.330 e. The molecule has 0 saturated carbocycles. The molecule has 0 aliphatic carbocycles. The third-order valence-electron chi connectivity index (χ3n) is 2.26. The molecule has 3 nitrogen and oxygen atoms in total. The van der Waals surface area contributed by atoms with Crippen LogP contribution in [0.3, 0.4) is 0 Å². The number of aromatic nitrogens is 2. The van der Waals surface area contributed by atoms with Gasteiger partial charge in [0, 0.05) is 6.20 Å². The Bertz CT molecular complexity index is 462. The Hall–Kier alpha value is -0.870. The van der Waals surface area contributed by atoms with Gasteiger partial charge in [-0.1, -0.05) is 6.07 Å². The van der Waals surface area contributed by atoms with Crippen LogP contribution in [0.4, 0.5) is 0 Å². The van der Waals surface area contributed by atoms with Crippen molar-refractivity contribution in [2.45, 2.75) is 13.3 Å². The van der Waals surface area contributed by atoms with Crippen molar-refractivity contribution in [1.29, 1.82) is 0 Å². The highest BCUT2D eigenvalue weighted by Crippen LogP contribution is 2.19. The number of rotatable bonds is 2. The smallest absolute Gasteiger partial charge is 0.132 e. The van der Waals surface area contributed by atoms with Gasteiger partial charge in [0.05, 0.1) is 5.52 Å². The Morgan fingerprint density at radius 2 is 2.29 bits per heavy atom. The van der Waals surface area contributed by atoms with E-state index in [1.165, 1.54) is 5.56 Å². The van der Waals surface area contributed by atoms with Crippen LogP contribution in [0.1, 0.15) is 11.4 Å². The van der Waals surface area contributed by atoms with Gasteiger partial charge >= 0.3 is 0 Å². The zero-order valence-corrected chi connectivity index (χ0v) is 9.58. The molecule has 0 unspecified atom stereocenters. The summed E-state index contributed by atoms with van der Waals surface area (Å²) >= 11 is 3.42. The molecule has 0 aliphatic rings. The number of nitrogens with zero attached hydrogens (tertiary/aromatic N) is 2. The van der Waals surface area contributed by atoms with E-state index in [4.69, 9.17) is 5.73 Å². The van der Waals surface area contributed by atoms with Gasteiger partial charge in [-0.05, 0) is 47.4 Å². The van der Waals surface area contributed by atoms with Gasteiger partial charge in [0.25, 0.3) is 0 Å². The lowest BCUT2D eigenvalue weighted by Crippen LogP contribution is -2.03. The Balaban J connectivity index is 2.59. The van der Waals surface area contributed by atoms with E-state index < -0.39 is 0 Å². The molecule has 14 heavy (non-hydrogen) atoms. The number of halogens is 1. The molecule has 2 aromatic rings. The Kier molecular flexibility index (Phi) is 2.56. The standard InChI is InChI=1S/C10H12BrN3/c1-7-13-10(11)9-3-2-8(4-5-12)6-14(7)9/h2-3,6H,4-5,12H2,1H3. The Labute approximate surface area is 91.1 Å². The van der Waals surface area contributed by atoms with Crippen molar-refractivity contribution in [3.05, 3.63) is 34.3 Å². The number of hydrogen-bond donors (Lipinski definition) is 1. The summed E-state index contributed by atoms with van der Waals surface area (Å²) in [4.78, 5) is 4.34. The van der Waals surface area contributed by atoms with Crippen LogP contribution in [0.5, 0.6) is 0 Å². The molecule has 2 N–H and O–H groups in total. The molecule has 0 aromatic carbocycles. The zero-order valence-electron chi connectivity index (χ0n) is 8.00. The maximum absolute atomic E-state index is 5.51. The van der Waals surface area contributed by atoms with Crippen LogP contribution in [0.25, 0.3) is 5.52 Å². The zero-order chi connectivity index (χ0) is 10.1. The molecule has 0 saturated heterocycles. The van der Waals surface area contributed by atoms with Crippen molar-refractivity contribution < 1.29 is 0 Å². The van der Waals surface area contributed by atoms with Crippen LogP contribution in [0, 0.1) is 6.92 Å². The molecule has 0 bridgehead atoms. The summed E-state index contributed by atoms with van der Waals surface area (Å²) < 4.78 is 2.98. The van der Waals surface area contributed by atoms with Crippen LogP contribution in [0.2, 0.25) is 0 Å². The van der Waals surface area contributed by atoms with Crippen molar-refractivity contribution in [2.24, 2.45) is 5.73 Å². The summed E-state index contributed by atoms with van der Waals surface area (Å²) in [5.41, 5.74) is 7.86. The molecule has 2 heterocycles. The van der Waals surface area contributed by atoms with Crippen LogP contribution < -0.4 is 5.73 Å². The quantitative estimate of drug-likeness (QED) is 0.889. The van der Waals surface area contributed by atoms with Crippen molar-refractivity contribution >= 4 is 21.4 Å². The lowest BCUT2D eigenvalue weighted by atomic mass is 10.2. The van der Waals surface area contributed by atoms with Gasteiger partial charge in [-0.25, -0.2) is 4.98 Å². The second kappa shape index (κ2) is 3.71. The monoisotopic (exact) mass is 253 g/mol. The highest BCUT2D eigenvalue weighted by Gasteiger charge is 2.05. The van der Waals surface area contributed by atoms with Crippen LogP contribution >= 0.6 is 15.9 Å². The molecule has 0 fully saturated rings. The van der Waals surface area contributed by atoms with E-state index in [1.54, 1.807) is 0 Å². The molecule has 0 spiro atoms. The molecule has 4 heteroatoms. The lowest BCUT2D eigenvalue weighted by Gasteiger charge is -2.01. The minimum Gasteiger partial charge on any atom is -0.330 e. The second-order valence-electron chi connectivity index (χ2n) is 3.28. The van der Waals surface area contributed by atoms with Gasteiger partial charge in [0.1, 0.15) is 10.4 Å². The number of hydrogen-bond acceptors (Lipinski definition) is 2. The summed E-state index contributed by atoms with van der Waals surface area (Å²) in [5, 5.41) is 0. The van der Waals surface area contributed by atoms with Gasteiger partial charge in [0.15, 0.2) is 0 Å². The molecule has 2 rings (SSSR count). The van der Waals surface area contributed by atoms with Crippen LogP contribution in [0.15, 0.2) is 22.9 Å². The van der Waals surface area contributed by atoms with E-state index in [-0.39, 0.29) is 0 Å². The average molecular weight is 254 g/mol.